The van der Waals surface area contributed by atoms with E-state index in [0.717, 1.165) is 11.1 Å². The van der Waals surface area contributed by atoms with Crippen LogP contribution in [0.15, 0.2) is 40.4 Å². The lowest BCUT2D eigenvalue weighted by Crippen LogP contribution is -2.30. The highest BCUT2D eigenvalue weighted by Gasteiger charge is 2.07. The van der Waals surface area contributed by atoms with Gasteiger partial charge < -0.3 is 5.43 Å². The minimum absolute atomic E-state index is 0.484. The fourth-order valence-corrected chi connectivity index (χ4v) is 1.47. The van der Waals surface area contributed by atoms with Gasteiger partial charge in [0.2, 0.25) is 0 Å². The van der Waals surface area contributed by atoms with Crippen molar-refractivity contribution < 1.29 is 0 Å². The number of benzene rings is 1. The SMILES string of the molecule is CN=C(NN)/C(Cl)=C(\C)c1ccccc1. The molecule has 80 valence electrons. The number of amidine groups is 1. The van der Waals surface area contributed by atoms with Crippen LogP contribution >= 0.6 is 11.6 Å². The smallest absolute Gasteiger partial charge is 0.154 e. The van der Waals surface area contributed by atoms with Crippen LogP contribution in [0.1, 0.15) is 12.5 Å². The van der Waals surface area contributed by atoms with Crippen molar-refractivity contribution in [3.8, 4) is 0 Å². The van der Waals surface area contributed by atoms with Crippen molar-refractivity contribution in [1.29, 1.82) is 0 Å². The van der Waals surface area contributed by atoms with E-state index in [0.29, 0.717) is 10.9 Å². The first-order valence-corrected chi connectivity index (χ1v) is 4.94. The molecule has 0 fully saturated rings. The molecule has 4 heteroatoms. The Kier molecular flexibility index (Phi) is 4.34. The molecule has 0 aliphatic carbocycles. The van der Waals surface area contributed by atoms with E-state index in [1.54, 1.807) is 7.05 Å². The highest BCUT2D eigenvalue weighted by Crippen LogP contribution is 2.20. The maximum atomic E-state index is 6.14. The fourth-order valence-electron chi connectivity index (χ4n) is 1.22. The van der Waals surface area contributed by atoms with Crippen molar-refractivity contribution in [2.45, 2.75) is 6.92 Å². The zero-order chi connectivity index (χ0) is 11.3. The van der Waals surface area contributed by atoms with Crippen molar-refractivity contribution >= 4 is 23.0 Å². The summed E-state index contributed by atoms with van der Waals surface area (Å²) in [5.41, 5.74) is 4.46. The fraction of sp³-hybridized carbons (Fsp3) is 0.182. The van der Waals surface area contributed by atoms with Crippen molar-refractivity contribution in [1.82, 2.24) is 5.43 Å². The number of hydrogen-bond donors (Lipinski definition) is 2. The van der Waals surface area contributed by atoms with Gasteiger partial charge in [0.25, 0.3) is 0 Å². The summed E-state index contributed by atoms with van der Waals surface area (Å²) in [6.45, 7) is 1.93. The lowest BCUT2D eigenvalue weighted by Gasteiger charge is -2.07. The van der Waals surface area contributed by atoms with Gasteiger partial charge in [0.05, 0.1) is 5.03 Å². The number of nitrogens with zero attached hydrogens (tertiary/aromatic N) is 1. The van der Waals surface area contributed by atoms with Crippen LogP contribution in [0.5, 0.6) is 0 Å². The average Bonchev–Trinajstić information content (AvgIpc) is 2.30. The Morgan fingerprint density at radius 2 is 1.93 bits per heavy atom. The second-order valence-electron chi connectivity index (χ2n) is 3.02. The number of halogens is 1. The maximum Gasteiger partial charge on any atom is 0.154 e. The Balaban J connectivity index is 3.11. The monoisotopic (exact) mass is 223 g/mol. The van der Waals surface area contributed by atoms with Crippen LogP contribution < -0.4 is 11.3 Å². The predicted octanol–water partition coefficient (Wildman–Crippen LogP) is 2.15. The summed E-state index contributed by atoms with van der Waals surface area (Å²) in [6, 6.07) is 9.85. The number of rotatable bonds is 2. The summed E-state index contributed by atoms with van der Waals surface area (Å²) in [6.07, 6.45) is 0. The molecule has 3 nitrogen and oxygen atoms in total. The van der Waals surface area contributed by atoms with E-state index in [1.165, 1.54) is 0 Å². The number of allylic oxidation sites excluding steroid dienone is 1. The molecule has 1 aromatic rings. The lowest BCUT2D eigenvalue weighted by atomic mass is 10.1. The molecule has 0 bridgehead atoms. The average molecular weight is 224 g/mol. The second-order valence-corrected chi connectivity index (χ2v) is 3.40. The van der Waals surface area contributed by atoms with Gasteiger partial charge in [-0.15, -0.1) is 0 Å². The normalized spacial score (nSPS) is 13.5. The molecule has 0 unspecified atom stereocenters. The zero-order valence-electron chi connectivity index (χ0n) is 8.79. The van der Waals surface area contributed by atoms with Crippen LogP contribution in [-0.2, 0) is 0 Å². The Labute approximate surface area is 94.6 Å². The summed E-state index contributed by atoms with van der Waals surface area (Å²) < 4.78 is 0. The minimum atomic E-state index is 0.484. The third-order valence-corrected chi connectivity index (χ3v) is 2.57. The number of aliphatic imine (C=N–C) groups is 1. The van der Waals surface area contributed by atoms with Gasteiger partial charge in [-0.05, 0) is 18.1 Å². The first-order valence-electron chi connectivity index (χ1n) is 4.56. The summed E-state index contributed by atoms with van der Waals surface area (Å²) in [5.74, 6) is 5.78. The van der Waals surface area contributed by atoms with Gasteiger partial charge in [-0.3, -0.25) is 4.99 Å². The van der Waals surface area contributed by atoms with Gasteiger partial charge in [0, 0.05) is 7.05 Å². The summed E-state index contributed by atoms with van der Waals surface area (Å²) in [7, 11) is 1.63. The van der Waals surface area contributed by atoms with Crippen LogP contribution in [0, 0.1) is 0 Å². The Bertz CT molecular complexity index is 382. The molecular weight excluding hydrogens is 210 g/mol. The van der Waals surface area contributed by atoms with Crippen LogP contribution in [0.2, 0.25) is 0 Å². The lowest BCUT2D eigenvalue weighted by molar-refractivity contribution is 1.02. The van der Waals surface area contributed by atoms with Crippen LogP contribution in [0.4, 0.5) is 0 Å². The molecule has 0 saturated carbocycles. The Hall–Kier alpha value is -1.32. The third kappa shape index (κ3) is 2.81. The summed E-state index contributed by atoms with van der Waals surface area (Å²) in [4.78, 5) is 3.94. The van der Waals surface area contributed by atoms with E-state index in [4.69, 9.17) is 17.4 Å². The number of nitrogens with one attached hydrogen (secondary N) is 1. The van der Waals surface area contributed by atoms with Crippen molar-refractivity contribution in [3.05, 3.63) is 40.9 Å². The standard InChI is InChI=1S/C11H14ClN3/c1-8(9-6-4-3-5-7-9)10(12)11(14-2)15-13/h3-7H,13H2,1-2H3,(H,14,15)/b10-8-. The molecule has 1 rings (SSSR count). The van der Waals surface area contributed by atoms with E-state index in [2.05, 4.69) is 10.4 Å². The molecule has 3 N–H and O–H groups in total. The van der Waals surface area contributed by atoms with E-state index in [1.807, 2.05) is 37.3 Å². The zero-order valence-corrected chi connectivity index (χ0v) is 9.55. The molecule has 0 aliphatic rings. The molecule has 0 atom stereocenters. The van der Waals surface area contributed by atoms with Gasteiger partial charge in [-0.25, -0.2) is 5.84 Å². The van der Waals surface area contributed by atoms with Crippen LogP contribution in [0.25, 0.3) is 5.57 Å². The first kappa shape index (κ1) is 11.8. The Morgan fingerprint density at radius 3 is 2.40 bits per heavy atom. The molecule has 0 saturated heterocycles. The molecule has 0 amide bonds. The molecule has 15 heavy (non-hydrogen) atoms. The molecule has 0 spiro atoms. The largest absolute Gasteiger partial charge is 0.308 e. The van der Waals surface area contributed by atoms with Gasteiger partial charge in [0.1, 0.15) is 0 Å². The molecule has 0 heterocycles. The number of nitrogens with two attached hydrogens (primary N) is 1. The van der Waals surface area contributed by atoms with Crippen molar-refractivity contribution in [2.75, 3.05) is 7.05 Å². The molecule has 1 aromatic carbocycles. The van der Waals surface area contributed by atoms with Gasteiger partial charge in [-0.1, -0.05) is 41.9 Å². The van der Waals surface area contributed by atoms with Gasteiger partial charge in [0.15, 0.2) is 5.84 Å². The quantitative estimate of drug-likeness (QED) is 0.349. The van der Waals surface area contributed by atoms with Crippen LogP contribution in [0.3, 0.4) is 0 Å². The highest BCUT2D eigenvalue weighted by atomic mass is 35.5. The van der Waals surface area contributed by atoms with Crippen LogP contribution in [-0.4, -0.2) is 12.9 Å². The molecular formula is C11H14ClN3. The Morgan fingerprint density at radius 1 is 1.33 bits per heavy atom. The first-order chi connectivity index (χ1) is 7.20. The molecule has 0 aliphatic heterocycles. The van der Waals surface area contributed by atoms with Crippen molar-refractivity contribution in [3.63, 3.8) is 0 Å². The molecule has 0 aromatic heterocycles. The second kappa shape index (κ2) is 5.53. The number of hydrazine groups is 1. The topological polar surface area (TPSA) is 50.4 Å². The van der Waals surface area contributed by atoms with Gasteiger partial charge >= 0.3 is 0 Å². The number of hydrogen-bond acceptors (Lipinski definition) is 2. The van der Waals surface area contributed by atoms with E-state index < -0.39 is 0 Å². The third-order valence-electron chi connectivity index (χ3n) is 2.10. The summed E-state index contributed by atoms with van der Waals surface area (Å²) >= 11 is 6.14. The minimum Gasteiger partial charge on any atom is -0.308 e. The highest BCUT2D eigenvalue weighted by molar-refractivity contribution is 6.46. The predicted molar refractivity (Wildman–Crippen MR) is 65.6 cm³/mol. The van der Waals surface area contributed by atoms with Gasteiger partial charge in [-0.2, -0.15) is 0 Å². The van der Waals surface area contributed by atoms with Crippen molar-refractivity contribution in [2.24, 2.45) is 10.8 Å². The molecule has 0 radical (unpaired) electrons. The van der Waals surface area contributed by atoms with E-state index in [-0.39, 0.29) is 0 Å². The summed E-state index contributed by atoms with van der Waals surface area (Å²) in [5, 5.41) is 0.534. The maximum absolute atomic E-state index is 6.14. The van der Waals surface area contributed by atoms with E-state index >= 15 is 0 Å². The van der Waals surface area contributed by atoms with E-state index in [9.17, 15) is 0 Å².